The first-order valence-electron chi connectivity index (χ1n) is 5.54. The molecule has 1 aromatic carbocycles. The first-order chi connectivity index (χ1) is 8.61. The minimum atomic E-state index is -0.930. The highest BCUT2D eigenvalue weighted by Crippen LogP contribution is 2.19. The molecule has 1 saturated heterocycles. The Morgan fingerprint density at radius 2 is 2.00 bits per heavy atom. The summed E-state index contributed by atoms with van der Waals surface area (Å²) in [6.07, 6.45) is -0.930. The predicted octanol–water partition coefficient (Wildman–Crippen LogP) is 1.50. The maximum absolute atomic E-state index is 13.5. The van der Waals surface area contributed by atoms with Gasteiger partial charge < -0.3 is 14.9 Å². The number of carbonyl (C=O) groups is 1. The monoisotopic (exact) mass is 249 g/mol. The van der Waals surface area contributed by atoms with Crippen molar-refractivity contribution < 1.29 is 14.3 Å². The van der Waals surface area contributed by atoms with Gasteiger partial charge in [0.05, 0.1) is 5.56 Å². The molecule has 1 heterocycles. The van der Waals surface area contributed by atoms with E-state index in [0.29, 0.717) is 31.9 Å². The summed E-state index contributed by atoms with van der Waals surface area (Å²) in [6, 6.07) is 6.20. The second-order valence-corrected chi connectivity index (χ2v) is 4.03. The van der Waals surface area contributed by atoms with Gasteiger partial charge in [0.1, 0.15) is 11.9 Å². The van der Waals surface area contributed by atoms with Crippen molar-refractivity contribution in [2.75, 3.05) is 31.1 Å². The molecule has 0 bridgehead atoms. The minimum absolute atomic E-state index is 0.0166. The highest BCUT2D eigenvalue weighted by Gasteiger charge is 2.20. The molecule has 1 N–H and O–H groups in total. The van der Waals surface area contributed by atoms with Gasteiger partial charge in [0.25, 0.3) is 0 Å². The Morgan fingerprint density at radius 3 is 2.50 bits per heavy atom. The molecule has 18 heavy (non-hydrogen) atoms. The quantitative estimate of drug-likeness (QED) is 0.819. The standard InChI is InChI=1S/C12H12FN3O2/c13-11-7-10(2-1-9(11)8-14)15-3-5-16(6-4-15)12(17)18/h1-2,7H,3-6H2,(H,17,18). The van der Waals surface area contributed by atoms with Crippen LogP contribution in [0.15, 0.2) is 18.2 Å². The fourth-order valence-corrected chi connectivity index (χ4v) is 1.95. The van der Waals surface area contributed by atoms with E-state index in [1.54, 1.807) is 12.1 Å². The molecule has 94 valence electrons. The number of nitriles is 1. The molecule has 0 saturated carbocycles. The number of piperazine rings is 1. The third-order valence-electron chi connectivity index (χ3n) is 2.99. The van der Waals surface area contributed by atoms with Gasteiger partial charge in [0.15, 0.2) is 0 Å². The molecule has 0 spiro atoms. The van der Waals surface area contributed by atoms with E-state index in [0.717, 1.165) is 0 Å². The van der Waals surface area contributed by atoms with Crippen molar-refractivity contribution in [3.8, 4) is 6.07 Å². The van der Waals surface area contributed by atoms with Crippen molar-refractivity contribution in [1.82, 2.24) is 4.90 Å². The third-order valence-corrected chi connectivity index (χ3v) is 2.99. The molecule has 5 nitrogen and oxygen atoms in total. The van der Waals surface area contributed by atoms with E-state index in [9.17, 15) is 9.18 Å². The van der Waals surface area contributed by atoms with Crippen molar-refractivity contribution in [3.05, 3.63) is 29.6 Å². The van der Waals surface area contributed by atoms with Gasteiger partial charge in [-0.15, -0.1) is 0 Å². The third kappa shape index (κ3) is 2.35. The van der Waals surface area contributed by atoms with Gasteiger partial charge in [0.2, 0.25) is 0 Å². The van der Waals surface area contributed by atoms with Gasteiger partial charge in [-0.1, -0.05) is 0 Å². The number of amides is 1. The van der Waals surface area contributed by atoms with Crippen molar-refractivity contribution in [2.24, 2.45) is 0 Å². The maximum atomic E-state index is 13.5. The van der Waals surface area contributed by atoms with E-state index in [2.05, 4.69) is 0 Å². The smallest absolute Gasteiger partial charge is 0.407 e. The number of carboxylic acid groups (broad SMARTS) is 1. The SMILES string of the molecule is N#Cc1ccc(N2CCN(C(=O)O)CC2)cc1F. The van der Waals surface area contributed by atoms with E-state index < -0.39 is 11.9 Å². The number of rotatable bonds is 1. The lowest BCUT2D eigenvalue weighted by atomic mass is 10.2. The summed E-state index contributed by atoms with van der Waals surface area (Å²) in [6.45, 7) is 1.85. The van der Waals surface area contributed by atoms with Gasteiger partial charge in [-0.2, -0.15) is 5.26 Å². The summed E-state index contributed by atoms with van der Waals surface area (Å²) in [4.78, 5) is 14.0. The second-order valence-electron chi connectivity index (χ2n) is 4.03. The van der Waals surface area contributed by atoms with Gasteiger partial charge >= 0.3 is 6.09 Å². The Balaban J connectivity index is 2.08. The first kappa shape index (κ1) is 12.2. The summed E-state index contributed by atoms with van der Waals surface area (Å²) in [5, 5.41) is 17.5. The summed E-state index contributed by atoms with van der Waals surface area (Å²) in [7, 11) is 0. The predicted molar refractivity (Wildman–Crippen MR) is 62.9 cm³/mol. The fraction of sp³-hybridized carbons (Fsp3) is 0.333. The molecule has 0 unspecified atom stereocenters. The van der Waals surface area contributed by atoms with Crippen LogP contribution in [0.5, 0.6) is 0 Å². The summed E-state index contributed by atoms with van der Waals surface area (Å²) in [5.74, 6) is -0.546. The van der Waals surface area contributed by atoms with Crippen LogP contribution in [-0.2, 0) is 0 Å². The van der Waals surface area contributed by atoms with Gasteiger partial charge in [0, 0.05) is 31.9 Å². The molecular weight excluding hydrogens is 237 g/mol. The van der Waals surface area contributed by atoms with Crippen LogP contribution in [0.3, 0.4) is 0 Å². The second kappa shape index (κ2) is 4.92. The molecule has 1 fully saturated rings. The molecule has 0 atom stereocenters. The average Bonchev–Trinajstić information content (AvgIpc) is 2.38. The van der Waals surface area contributed by atoms with Crippen LogP contribution in [0, 0.1) is 17.1 Å². The summed E-state index contributed by atoms with van der Waals surface area (Å²) >= 11 is 0. The molecule has 1 amide bonds. The van der Waals surface area contributed by atoms with Crippen LogP contribution in [0.25, 0.3) is 0 Å². The topological polar surface area (TPSA) is 67.6 Å². The molecule has 2 rings (SSSR count). The van der Waals surface area contributed by atoms with Crippen LogP contribution in [0.1, 0.15) is 5.56 Å². The number of nitrogens with zero attached hydrogens (tertiary/aromatic N) is 3. The Morgan fingerprint density at radius 1 is 1.33 bits per heavy atom. The molecular formula is C12H12FN3O2. The van der Waals surface area contributed by atoms with E-state index in [-0.39, 0.29) is 5.56 Å². The van der Waals surface area contributed by atoms with Gasteiger partial charge in [-0.05, 0) is 18.2 Å². The Hall–Kier alpha value is -2.29. The lowest BCUT2D eigenvalue weighted by molar-refractivity contribution is 0.142. The molecule has 0 aliphatic carbocycles. The first-order valence-corrected chi connectivity index (χ1v) is 5.54. The Bertz CT molecular complexity index is 505. The van der Waals surface area contributed by atoms with E-state index >= 15 is 0 Å². The van der Waals surface area contributed by atoms with Crippen molar-refractivity contribution in [3.63, 3.8) is 0 Å². The highest BCUT2D eigenvalue weighted by atomic mass is 19.1. The zero-order valence-electron chi connectivity index (χ0n) is 9.64. The number of anilines is 1. The fourth-order valence-electron chi connectivity index (χ4n) is 1.95. The van der Waals surface area contributed by atoms with Crippen LogP contribution in [0.4, 0.5) is 14.9 Å². The van der Waals surface area contributed by atoms with Crippen molar-refractivity contribution in [1.29, 1.82) is 5.26 Å². The number of benzene rings is 1. The van der Waals surface area contributed by atoms with Crippen LogP contribution in [-0.4, -0.2) is 42.3 Å². The lowest BCUT2D eigenvalue weighted by Crippen LogP contribution is -2.48. The van der Waals surface area contributed by atoms with Gasteiger partial charge in [-0.25, -0.2) is 9.18 Å². The Kier molecular flexibility index (Phi) is 3.33. The summed E-state index contributed by atoms with van der Waals surface area (Å²) < 4.78 is 13.5. The molecule has 1 aliphatic heterocycles. The highest BCUT2D eigenvalue weighted by molar-refractivity contribution is 5.65. The van der Waals surface area contributed by atoms with Crippen LogP contribution >= 0.6 is 0 Å². The van der Waals surface area contributed by atoms with Crippen LogP contribution in [0.2, 0.25) is 0 Å². The lowest BCUT2D eigenvalue weighted by Gasteiger charge is -2.34. The number of halogens is 1. The average molecular weight is 249 g/mol. The number of hydrogen-bond donors (Lipinski definition) is 1. The van der Waals surface area contributed by atoms with E-state index in [1.807, 2.05) is 4.90 Å². The molecule has 6 heteroatoms. The minimum Gasteiger partial charge on any atom is -0.465 e. The molecule has 1 aliphatic rings. The maximum Gasteiger partial charge on any atom is 0.407 e. The van der Waals surface area contributed by atoms with Crippen molar-refractivity contribution in [2.45, 2.75) is 0 Å². The Labute approximate surface area is 104 Å². The van der Waals surface area contributed by atoms with E-state index in [1.165, 1.54) is 17.0 Å². The number of hydrogen-bond acceptors (Lipinski definition) is 3. The van der Waals surface area contributed by atoms with Gasteiger partial charge in [-0.3, -0.25) is 0 Å². The zero-order chi connectivity index (χ0) is 13.1. The summed E-state index contributed by atoms with van der Waals surface area (Å²) in [5.41, 5.74) is 0.694. The largest absolute Gasteiger partial charge is 0.465 e. The zero-order valence-corrected chi connectivity index (χ0v) is 9.64. The van der Waals surface area contributed by atoms with Crippen LogP contribution < -0.4 is 4.90 Å². The van der Waals surface area contributed by atoms with E-state index in [4.69, 9.17) is 10.4 Å². The molecule has 0 aromatic heterocycles. The molecule has 0 radical (unpaired) electrons. The van der Waals surface area contributed by atoms with Crippen molar-refractivity contribution >= 4 is 11.8 Å². The normalized spacial score (nSPS) is 15.3. The molecule has 1 aromatic rings.